The molecule has 0 atom stereocenters. The molecule has 0 saturated carbocycles. The largest absolute Gasteiger partial charge is 0.475 e. The Morgan fingerprint density at radius 1 is 1.33 bits per heavy atom. The van der Waals surface area contributed by atoms with Gasteiger partial charge >= 0.3 is 5.97 Å². The van der Waals surface area contributed by atoms with Crippen LogP contribution in [0.15, 0.2) is 16.5 Å². The number of aromatic carboxylic acids is 1. The Kier molecular flexibility index (Phi) is 5.52. The van der Waals surface area contributed by atoms with Crippen LogP contribution in [0.25, 0.3) is 0 Å². The summed E-state index contributed by atoms with van der Waals surface area (Å²) in [5, 5.41) is 8.68. The van der Waals surface area contributed by atoms with Crippen LogP contribution in [-0.2, 0) is 4.74 Å². The van der Waals surface area contributed by atoms with Crippen LogP contribution in [0.3, 0.4) is 0 Å². The fourth-order valence-corrected chi connectivity index (χ4v) is 1.67. The van der Waals surface area contributed by atoms with Crippen molar-refractivity contribution in [2.75, 3.05) is 13.2 Å². The minimum absolute atomic E-state index is 0. The normalized spacial score (nSPS) is 17.1. The van der Waals surface area contributed by atoms with Gasteiger partial charge in [-0.1, -0.05) is 0 Å². The van der Waals surface area contributed by atoms with Gasteiger partial charge in [0, 0.05) is 70.5 Å². The van der Waals surface area contributed by atoms with Gasteiger partial charge in [0.05, 0.1) is 0 Å². The number of rotatable bonds is 2. The zero-order chi connectivity index (χ0) is 9.97. The van der Waals surface area contributed by atoms with Gasteiger partial charge in [0.25, 0.3) is 0 Å². The third-order valence-electron chi connectivity index (χ3n) is 2.46. The Hall–Kier alpha value is 0.346. The van der Waals surface area contributed by atoms with Crippen molar-refractivity contribution in [2.45, 2.75) is 18.8 Å². The number of hydrogen-bond donors (Lipinski definition) is 1. The molecule has 2 heterocycles. The molecule has 1 aromatic rings. The summed E-state index contributed by atoms with van der Waals surface area (Å²) in [5.74, 6) is 0.0948. The van der Waals surface area contributed by atoms with Crippen molar-refractivity contribution in [1.29, 1.82) is 0 Å². The second-order valence-corrected chi connectivity index (χ2v) is 3.39. The fourth-order valence-electron chi connectivity index (χ4n) is 1.67. The Bertz CT molecular complexity index is 328. The van der Waals surface area contributed by atoms with Crippen LogP contribution in [0.5, 0.6) is 0 Å². The summed E-state index contributed by atoms with van der Waals surface area (Å²) in [5.41, 5.74) is 0. The van der Waals surface area contributed by atoms with E-state index in [9.17, 15) is 4.79 Å². The first-order valence-electron chi connectivity index (χ1n) is 4.68. The SMILES string of the molecule is O=C(O)c1ccc(C2CCOCC2)o1.[K]. The Labute approximate surface area is 130 Å². The van der Waals surface area contributed by atoms with Crippen LogP contribution in [-0.4, -0.2) is 75.7 Å². The molecule has 2 rings (SSSR count). The summed E-state index contributed by atoms with van der Waals surface area (Å²) in [7, 11) is 0. The van der Waals surface area contributed by atoms with Crippen molar-refractivity contribution in [1.82, 2.24) is 0 Å². The van der Waals surface area contributed by atoms with Crippen LogP contribution in [0.2, 0.25) is 0 Å². The molecule has 15 heavy (non-hydrogen) atoms. The molecule has 4 nitrogen and oxygen atoms in total. The van der Waals surface area contributed by atoms with E-state index in [1.165, 1.54) is 6.07 Å². The zero-order valence-electron chi connectivity index (χ0n) is 8.73. The third kappa shape index (κ3) is 3.40. The van der Waals surface area contributed by atoms with Gasteiger partial charge in [0.2, 0.25) is 5.76 Å². The van der Waals surface area contributed by atoms with Crippen LogP contribution in [0.1, 0.15) is 35.1 Å². The molecule has 77 valence electrons. The Morgan fingerprint density at radius 3 is 2.53 bits per heavy atom. The maximum Gasteiger partial charge on any atom is 0.371 e. The number of ether oxygens (including phenoxy) is 1. The molecule has 0 aliphatic carbocycles. The standard InChI is InChI=1S/C10H12O4.K/c11-10(12)9-2-1-8(14-9)7-3-5-13-6-4-7;/h1-2,7H,3-6H2,(H,11,12);. The zero-order valence-corrected chi connectivity index (χ0v) is 11.9. The molecule has 1 saturated heterocycles. The quantitative estimate of drug-likeness (QED) is 0.789. The maximum atomic E-state index is 10.6. The molecule has 5 heteroatoms. The van der Waals surface area contributed by atoms with E-state index in [2.05, 4.69) is 0 Å². The molecule has 1 N–H and O–H groups in total. The number of hydrogen-bond acceptors (Lipinski definition) is 3. The Balaban J connectivity index is 0.00000112. The van der Waals surface area contributed by atoms with Gasteiger partial charge in [-0.3, -0.25) is 0 Å². The smallest absolute Gasteiger partial charge is 0.371 e. The monoisotopic (exact) mass is 235 g/mol. The second kappa shape index (κ2) is 6.17. The summed E-state index contributed by atoms with van der Waals surface area (Å²) < 4.78 is 10.4. The molecular formula is C10H12KO4. The average Bonchev–Trinajstić information content (AvgIpc) is 2.68. The van der Waals surface area contributed by atoms with E-state index in [0.29, 0.717) is 5.92 Å². The first kappa shape index (κ1) is 13.4. The van der Waals surface area contributed by atoms with Crippen molar-refractivity contribution in [3.05, 3.63) is 23.7 Å². The van der Waals surface area contributed by atoms with E-state index in [-0.39, 0.29) is 57.1 Å². The van der Waals surface area contributed by atoms with Gasteiger partial charge in [-0.05, 0) is 25.0 Å². The maximum absolute atomic E-state index is 10.6. The fraction of sp³-hybridized carbons (Fsp3) is 0.500. The predicted molar refractivity (Wildman–Crippen MR) is 54.2 cm³/mol. The number of carbonyl (C=O) groups is 1. The molecule has 1 aliphatic rings. The summed E-state index contributed by atoms with van der Waals surface area (Å²) in [6.07, 6.45) is 1.82. The molecule has 0 unspecified atom stereocenters. The van der Waals surface area contributed by atoms with E-state index < -0.39 is 5.97 Å². The minimum Gasteiger partial charge on any atom is -0.475 e. The summed E-state index contributed by atoms with van der Waals surface area (Å²) in [6.45, 7) is 1.46. The van der Waals surface area contributed by atoms with Crippen LogP contribution >= 0.6 is 0 Å². The number of carboxylic acids is 1. The summed E-state index contributed by atoms with van der Waals surface area (Å²) in [4.78, 5) is 10.6. The van der Waals surface area contributed by atoms with E-state index in [1.54, 1.807) is 6.07 Å². The van der Waals surface area contributed by atoms with Crippen molar-refractivity contribution in [2.24, 2.45) is 0 Å². The summed E-state index contributed by atoms with van der Waals surface area (Å²) in [6, 6.07) is 3.26. The third-order valence-corrected chi connectivity index (χ3v) is 2.46. The first-order valence-corrected chi connectivity index (χ1v) is 4.68. The Morgan fingerprint density at radius 2 is 2.00 bits per heavy atom. The second-order valence-electron chi connectivity index (χ2n) is 3.39. The van der Waals surface area contributed by atoms with Crippen molar-refractivity contribution in [3.8, 4) is 0 Å². The van der Waals surface area contributed by atoms with Crippen molar-refractivity contribution < 1.29 is 19.1 Å². The number of carboxylic acid groups (broad SMARTS) is 1. The topological polar surface area (TPSA) is 59.7 Å². The van der Waals surface area contributed by atoms with Crippen LogP contribution in [0, 0.1) is 0 Å². The van der Waals surface area contributed by atoms with E-state index in [4.69, 9.17) is 14.3 Å². The van der Waals surface area contributed by atoms with Crippen molar-refractivity contribution in [3.63, 3.8) is 0 Å². The molecule has 1 aromatic heterocycles. The van der Waals surface area contributed by atoms with Gasteiger partial charge in [-0.2, -0.15) is 0 Å². The molecule has 0 aromatic carbocycles. The van der Waals surface area contributed by atoms with Gasteiger partial charge in [0.1, 0.15) is 5.76 Å². The van der Waals surface area contributed by atoms with Gasteiger partial charge in [-0.15, -0.1) is 0 Å². The van der Waals surface area contributed by atoms with Crippen molar-refractivity contribution >= 4 is 57.4 Å². The van der Waals surface area contributed by atoms with Gasteiger partial charge in [0.15, 0.2) is 0 Å². The molecule has 0 bridgehead atoms. The molecular weight excluding hydrogens is 223 g/mol. The van der Waals surface area contributed by atoms with Gasteiger partial charge < -0.3 is 14.3 Å². The first-order chi connectivity index (χ1) is 6.77. The van der Waals surface area contributed by atoms with E-state index in [1.807, 2.05) is 0 Å². The van der Waals surface area contributed by atoms with E-state index in [0.717, 1.165) is 31.8 Å². The molecule has 0 spiro atoms. The average molecular weight is 235 g/mol. The van der Waals surface area contributed by atoms with Crippen LogP contribution < -0.4 is 0 Å². The number of furan rings is 1. The molecule has 1 radical (unpaired) electrons. The molecule has 1 aliphatic heterocycles. The molecule has 0 amide bonds. The molecule has 1 fully saturated rings. The predicted octanol–water partition coefficient (Wildman–Crippen LogP) is 1.49. The van der Waals surface area contributed by atoms with Crippen LogP contribution in [0.4, 0.5) is 0 Å². The van der Waals surface area contributed by atoms with E-state index >= 15 is 0 Å². The summed E-state index contributed by atoms with van der Waals surface area (Å²) >= 11 is 0. The van der Waals surface area contributed by atoms with Gasteiger partial charge in [-0.25, -0.2) is 4.79 Å². The minimum atomic E-state index is -1.01.